The molecule has 1 nitrogen and oxygen atoms in total. The Hall–Kier alpha value is 0.310. The van der Waals surface area contributed by atoms with Gasteiger partial charge in [-0.1, -0.05) is 0 Å². The van der Waals surface area contributed by atoms with Crippen LogP contribution in [0.25, 0.3) is 0 Å². The summed E-state index contributed by atoms with van der Waals surface area (Å²) < 4.78 is 0. The first-order valence-electron chi connectivity index (χ1n) is 1.60. The van der Waals surface area contributed by atoms with Crippen LogP contribution in [0.15, 0.2) is 0 Å². The monoisotopic (exact) mass is 88.0 g/mol. The second-order valence-corrected chi connectivity index (χ2v) is 2.07. The van der Waals surface area contributed by atoms with Gasteiger partial charge in [0, 0.05) is 17.5 Å². The Labute approximate surface area is 35.9 Å². The van der Waals surface area contributed by atoms with Gasteiger partial charge in [0.2, 0.25) is 0 Å². The van der Waals surface area contributed by atoms with E-state index in [0.717, 1.165) is 5.75 Å². The van der Waals surface area contributed by atoms with Crippen molar-refractivity contribution in [3.8, 4) is 0 Å². The molecular formula is C3H6NS. The fraction of sp³-hybridized carbons (Fsp3) is 0.667. The van der Waals surface area contributed by atoms with Gasteiger partial charge in [0.25, 0.3) is 0 Å². The highest BCUT2D eigenvalue weighted by Crippen LogP contribution is 2.20. The molecule has 0 aromatic carbocycles. The first kappa shape index (κ1) is 3.50. The van der Waals surface area contributed by atoms with Crippen molar-refractivity contribution in [1.82, 2.24) is 0 Å². The summed E-state index contributed by atoms with van der Waals surface area (Å²) in [7, 11) is 0. The highest BCUT2D eigenvalue weighted by atomic mass is 32.2. The molecule has 2 N–H and O–H groups in total. The molecule has 1 heterocycles. The molecule has 5 heavy (non-hydrogen) atoms. The van der Waals surface area contributed by atoms with E-state index in [4.69, 9.17) is 5.73 Å². The first-order chi connectivity index (χ1) is 2.39. The lowest BCUT2D eigenvalue weighted by Crippen LogP contribution is -2.29. The Morgan fingerprint density at radius 3 is 2.40 bits per heavy atom. The molecule has 1 unspecified atom stereocenters. The van der Waals surface area contributed by atoms with Crippen LogP contribution >= 0.6 is 11.8 Å². The van der Waals surface area contributed by atoms with E-state index in [2.05, 4.69) is 0 Å². The van der Waals surface area contributed by atoms with Crippen LogP contribution in [0.3, 0.4) is 0 Å². The van der Waals surface area contributed by atoms with Gasteiger partial charge < -0.3 is 5.73 Å². The zero-order valence-electron chi connectivity index (χ0n) is 2.85. The molecular weight excluding hydrogens is 82.1 g/mol. The van der Waals surface area contributed by atoms with Gasteiger partial charge in [-0.2, -0.15) is 11.8 Å². The number of hydrogen-bond donors (Lipinski definition) is 1. The second kappa shape index (κ2) is 1.19. The predicted octanol–water partition coefficient (Wildman–Crippen LogP) is 0.222. The quantitative estimate of drug-likeness (QED) is 0.458. The lowest BCUT2D eigenvalue weighted by atomic mass is 10.4. The van der Waals surface area contributed by atoms with E-state index in [0.29, 0.717) is 6.04 Å². The predicted molar refractivity (Wildman–Crippen MR) is 24.7 cm³/mol. The van der Waals surface area contributed by atoms with Gasteiger partial charge in [-0.15, -0.1) is 0 Å². The molecule has 0 saturated carbocycles. The maximum Gasteiger partial charge on any atom is 0.0341 e. The average molecular weight is 88.2 g/mol. The van der Waals surface area contributed by atoms with Crippen LogP contribution in [0.5, 0.6) is 0 Å². The number of rotatable bonds is 0. The highest BCUT2D eigenvalue weighted by molar-refractivity contribution is 8.02. The standard InChI is InChI=1S/C3H6NS/c4-3-1-5-2-3/h1,3H,2,4H2. The van der Waals surface area contributed by atoms with Gasteiger partial charge >= 0.3 is 0 Å². The third-order valence-corrected chi connectivity index (χ3v) is 1.68. The summed E-state index contributed by atoms with van der Waals surface area (Å²) in [6.45, 7) is 0. The number of hydrogen-bond acceptors (Lipinski definition) is 2. The summed E-state index contributed by atoms with van der Waals surface area (Å²) in [6.07, 6.45) is 0. The third-order valence-electron chi connectivity index (χ3n) is 0.560. The minimum Gasteiger partial charge on any atom is -0.326 e. The Morgan fingerprint density at radius 2 is 2.40 bits per heavy atom. The van der Waals surface area contributed by atoms with Crippen molar-refractivity contribution in [2.45, 2.75) is 6.04 Å². The average Bonchev–Trinajstić information content (AvgIpc) is 1.30. The molecule has 29 valence electrons. The van der Waals surface area contributed by atoms with E-state index in [1.807, 2.05) is 5.75 Å². The molecule has 1 fully saturated rings. The minimum absolute atomic E-state index is 0.403. The molecule has 0 aromatic rings. The molecule has 0 amide bonds. The Morgan fingerprint density at radius 1 is 2.00 bits per heavy atom. The maximum atomic E-state index is 5.30. The summed E-state index contributed by atoms with van der Waals surface area (Å²) >= 11 is 1.80. The van der Waals surface area contributed by atoms with Gasteiger partial charge in [0.05, 0.1) is 0 Å². The molecule has 0 spiro atoms. The van der Waals surface area contributed by atoms with Gasteiger partial charge in [-0.25, -0.2) is 0 Å². The smallest absolute Gasteiger partial charge is 0.0341 e. The van der Waals surface area contributed by atoms with E-state index in [9.17, 15) is 0 Å². The molecule has 1 aliphatic rings. The molecule has 1 aliphatic heterocycles. The molecule has 0 aliphatic carbocycles. The molecule has 1 rings (SSSR count). The van der Waals surface area contributed by atoms with Crippen LogP contribution in [0.4, 0.5) is 0 Å². The second-order valence-electron chi connectivity index (χ2n) is 1.13. The molecule has 1 atom stereocenters. The van der Waals surface area contributed by atoms with Crippen LogP contribution in [-0.4, -0.2) is 11.8 Å². The van der Waals surface area contributed by atoms with Crippen molar-refractivity contribution in [2.24, 2.45) is 5.73 Å². The van der Waals surface area contributed by atoms with E-state index in [1.165, 1.54) is 0 Å². The van der Waals surface area contributed by atoms with E-state index in [-0.39, 0.29) is 0 Å². The lowest BCUT2D eigenvalue weighted by molar-refractivity contribution is 0.886. The summed E-state index contributed by atoms with van der Waals surface area (Å²) in [6, 6.07) is 0.403. The van der Waals surface area contributed by atoms with Gasteiger partial charge in [-0.05, 0) is 0 Å². The molecule has 1 radical (unpaired) electrons. The highest BCUT2D eigenvalue weighted by Gasteiger charge is 2.11. The van der Waals surface area contributed by atoms with Crippen LogP contribution < -0.4 is 5.73 Å². The largest absolute Gasteiger partial charge is 0.326 e. The lowest BCUT2D eigenvalue weighted by Gasteiger charge is -2.17. The van der Waals surface area contributed by atoms with Crippen LogP contribution in [0.1, 0.15) is 0 Å². The van der Waals surface area contributed by atoms with Crippen LogP contribution in [0.2, 0.25) is 0 Å². The Kier molecular flexibility index (Phi) is 0.830. The fourth-order valence-corrected chi connectivity index (χ4v) is 0.622. The first-order valence-corrected chi connectivity index (χ1v) is 2.65. The van der Waals surface area contributed by atoms with Crippen LogP contribution in [-0.2, 0) is 0 Å². The van der Waals surface area contributed by atoms with Crippen molar-refractivity contribution in [2.75, 3.05) is 5.75 Å². The molecule has 1 saturated heterocycles. The third kappa shape index (κ3) is 0.578. The number of nitrogens with two attached hydrogens (primary N) is 1. The normalized spacial score (nSPS) is 25.8. The summed E-state index contributed by atoms with van der Waals surface area (Å²) in [5, 5.41) is 0. The zero-order valence-corrected chi connectivity index (χ0v) is 3.66. The van der Waals surface area contributed by atoms with Gasteiger partial charge in [-0.3, -0.25) is 0 Å². The molecule has 0 aromatic heterocycles. The Balaban J connectivity index is 2.08. The zero-order chi connectivity index (χ0) is 3.70. The molecule has 0 bridgehead atoms. The summed E-state index contributed by atoms with van der Waals surface area (Å²) in [4.78, 5) is 0. The van der Waals surface area contributed by atoms with Crippen LogP contribution in [0, 0.1) is 5.75 Å². The van der Waals surface area contributed by atoms with E-state index >= 15 is 0 Å². The maximum absolute atomic E-state index is 5.30. The fourth-order valence-electron chi connectivity index (χ4n) is 0.207. The van der Waals surface area contributed by atoms with Crippen molar-refractivity contribution < 1.29 is 0 Å². The molecule has 2 heteroatoms. The number of thioether (sulfide) groups is 1. The van der Waals surface area contributed by atoms with Crippen molar-refractivity contribution in [3.05, 3.63) is 5.75 Å². The van der Waals surface area contributed by atoms with E-state index < -0.39 is 0 Å². The minimum atomic E-state index is 0.403. The Bertz CT molecular complexity index is 33.9. The van der Waals surface area contributed by atoms with Gasteiger partial charge in [0.15, 0.2) is 0 Å². The van der Waals surface area contributed by atoms with Gasteiger partial charge in [0.1, 0.15) is 0 Å². The van der Waals surface area contributed by atoms with E-state index in [1.54, 1.807) is 11.8 Å². The summed E-state index contributed by atoms with van der Waals surface area (Å²) in [5.41, 5.74) is 5.30. The van der Waals surface area contributed by atoms with Crippen molar-refractivity contribution in [1.29, 1.82) is 0 Å². The SMILES string of the molecule is NC1[CH]SC1. The topological polar surface area (TPSA) is 26.0 Å². The summed E-state index contributed by atoms with van der Waals surface area (Å²) in [5.74, 6) is 3.17. The van der Waals surface area contributed by atoms with Crippen molar-refractivity contribution in [3.63, 3.8) is 0 Å². The van der Waals surface area contributed by atoms with Crippen molar-refractivity contribution >= 4 is 11.8 Å².